The Bertz CT molecular complexity index is 958. The molecule has 6 nitrogen and oxygen atoms in total. The van der Waals surface area contributed by atoms with E-state index in [1.807, 2.05) is 24.3 Å². The Kier molecular flexibility index (Phi) is 6.68. The fourth-order valence-corrected chi connectivity index (χ4v) is 3.98. The third-order valence-corrected chi connectivity index (χ3v) is 6.14. The molecule has 3 aromatic rings. The number of nitrogens with zero attached hydrogens (tertiary/aromatic N) is 4. The molecular formula is C25H32N4O2. The van der Waals surface area contributed by atoms with Gasteiger partial charge in [-0.1, -0.05) is 38.1 Å². The van der Waals surface area contributed by atoms with Crippen molar-refractivity contribution in [2.75, 3.05) is 33.3 Å². The highest BCUT2D eigenvalue weighted by Crippen LogP contribution is 2.26. The summed E-state index contributed by atoms with van der Waals surface area (Å²) in [6.07, 6.45) is 0. The predicted octanol–water partition coefficient (Wildman–Crippen LogP) is 4.75. The predicted molar refractivity (Wildman–Crippen MR) is 122 cm³/mol. The topological polar surface area (TPSA) is 54.6 Å². The van der Waals surface area contributed by atoms with Crippen LogP contribution in [0, 0.1) is 0 Å². The Hall–Kier alpha value is -2.70. The summed E-state index contributed by atoms with van der Waals surface area (Å²) in [4.78, 5) is 4.94. The number of benzene rings is 2. The van der Waals surface area contributed by atoms with E-state index in [1.165, 1.54) is 11.1 Å². The minimum absolute atomic E-state index is 0.104. The molecular weight excluding hydrogens is 388 g/mol. The highest BCUT2D eigenvalue weighted by molar-refractivity contribution is 5.54. The van der Waals surface area contributed by atoms with E-state index in [9.17, 15) is 0 Å². The lowest BCUT2D eigenvalue weighted by Gasteiger charge is -2.36. The molecule has 1 aliphatic heterocycles. The van der Waals surface area contributed by atoms with Crippen LogP contribution in [0.3, 0.4) is 0 Å². The van der Waals surface area contributed by atoms with Gasteiger partial charge in [0.15, 0.2) is 0 Å². The van der Waals surface area contributed by atoms with Gasteiger partial charge in [-0.05, 0) is 48.2 Å². The molecule has 0 aliphatic carbocycles. The largest absolute Gasteiger partial charge is 0.497 e. The molecule has 1 saturated heterocycles. The average Bonchev–Trinajstić information content (AvgIpc) is 3.30. The van der Waals surface area contributed by atoms with Crippen LogP contribution in [0.15, 0.2) is 52.9 Å². The monoisotopic (exact) mass is 420 g/mol. The van der Waals surface area contributed by atoms with Crippen LogP contribution in [0.25, 0.3) is 11.5 Å². The molecule has 6 heteroatoms. The highest BCUT2D eigenvalue weighted by atomic mass is 16.5. The van der Waals surface area contributed by atoms with Crippen LogP contribution in [-0.4, -0.2) is 53.3 Å². The zero-order valence-electron chi connectivity index (χ0n) is 18.9. The molecule has 1 aliphatic rings. The highest BCUT2D eigenvalue weighted by Gasteiger charge is 2.26. The number of rotatable bonds is 7. The molecule has 0 spiro atoms. The van der Waals surface area contributed by atoms with Crippen LogP contribution < -0.4 is 4.74 Å². The smallest absolute Gasteiger partial charge is 0.247 e. The first-order chi connectivity index (χ1) is 15.0. The number of piperazine rings is 1. The Morgan fingerprint density at radius 2 is 1.58 bits per heavy atom. The van der Waals surface area contributed by atoms with Gasteiger partial charge >= 0.3 is 0 Å². The first-order valence-corrected chi connectivity index (χ1v) is 11.1. The molecule has 4 rings (SSSR count). The second kappa shape index (κ2) is 9.62. The number of aromatic nitrogens is 2. The van der Waals surface area contributed by atoms with E-state index in [4.69, 9.17) is 9.15 Å². The number of hydrogen-bond donors (Lipinski definition) is 0. The van der Waals surface area contributed by atoms with E-state index in [0.717, 1.165) is 44.0 Å². The van der Waals surface area contributed by atoms with Crippen molar-refractivity contribution < 1.29 is 9.15 Å². The summed E-state index contributed by atoms with van der Waals surface area (Å²) in [5.74, 6) is 2.61. The van der Waals surface area contributed by atoms with Crippen molar-refractivity contribution >= 4 is 0 Å². The minimum Gasteiger partial charge on any atom is -0.497 e. The van der Waals surface area contributed by atoms with Crippen molar-refractivity contribution in [1.29, 1.82) is 0 Å². The van der Waals surface area contributed by atoms with Gasteiger partial charge in [0.2, 0.25) is 11.8 Å². The first kappa shape index (κ1) is 21.5. The van der Waals surface area contributed by atoms with Crippen molar-refractivity contribution in [3.8, 4) is 17.2 Å². The van der Waals surface area contributed by atoms with Gasteiger partial charge in [-0.2, -0.15) is 0 Å². The molecule has 2 aromatic carbocycles. The molecule has 0 unspecified atom stereocenters. The lowest BCUT2D eigenvalue weighted by Crippen LogP contribution is -2.46. The quantitative estimate of drug-likeness (QED) is 0.550. The zero-order valence-corrected chi connectivity index (χ0v) is 18.9. The Morgan fingerprint density at radius 3 is 2.19 bits per heavy atom. The molecule has 0 radical (unpaired) electrons. The zero-order chi connectivity index (χ0) is 21.8. The number of hydrogen-bond acceptors (Lipinski definition) is 6. The van der Waals surface area contributed by atoms with Crippen molar-refractivity contribution in [1.82, 2.24) is 20.0 Å². The van der Waals surface area contributed by atoms with Gasteiger partial charge in [0.1, 0.15) is 5.75 Å². The van der Waals surface area contributed by atoms with E-state index in [1.54, 1.807) is 7.11 Å². The van der Waals surface area contributed by atoms with Crippen molar-refractivity contribution in [3.63, 3.8) is 0 Å². The summed E-state index contributed by atoms with van der Waals surface area (Å²) >= 11 is 0. The van der Waals surface area contributed by atoms with Crippen molar-refractivity contribution in [2.24, 2.45) is 0 Å². The first-order valence-electron chi connectivity index (χ1n) is 11.1. The molecule has 1 aromatic heterocycles. The Labute approximate surface area is 184 Å². The van der Waals surface area contributed by atoms with Crippen LogP contribution in [0.1, 0.15) is 49.7 Å². The second-order valence-corrected chi connectivity index (χ2v) is 8.56. The summed E-state index contributed by atoms with van der Waals surface area (Å²) in [5, 5.41) is 8.57. The number of methoxy groups -OCH3 is 1. The van der Waals surface area contributed by atoms with Crippen molar-refractivity contribution in [2.45, 2.75) is 39.3 Å². The van der Waals surface area contributed by atoms with Crippen LogP contribution in [0.5, 0.6) is 5.75 Å². The van der Waals surface area contributed by atoms with Crippen LogP contribution >= 0.6 is 0 Å². The van der Waals surface area contributed by atoms with Crippen LogP contribution in [0.4, 0.5) is 0 Å². The summed E-state index contributed by atoms with van der Waals surface area (Å²) in [6.45, 7) is 11.7. The maximum atomic E-state index is 5.99. The Balaban J connectivity index is 1.32. The van der Waals surface area contributed by atoms with Gasteiger partial charge in [0, 0.05) is 38.3 Å². The maximum absolute atomic E-state index is 5.99. The van der Waals surface area contributed by atoms with Gasteiger partial charge in [0.25, 0.3) is 0 Å². The van der Waals surface area contributed by atoms with Gasteiger partial charge in [-0.15, -0.1) is 10.2 Å². The summed E-state index contributed by atoms with van der Waals surface area (Å²) in [7, 11) is 1.66. The molecule has 0 bridgehead atoms. The van der Waals surface area contributed by atoms with E-state index >= 15 is 0 Å². The van der Waals surface area contributed by atoms with Crippen LogP contribution in [0.2, 0.25) is 0 Å². The summed E-state index contributed by atoms with van der Waals surface area (Å²) in [5.41, 5.74) is 3.68. The SMILES string of the molecule is COc1ccc(-c2nnc([C@@H](C)N3CCN(Cc4ccc(C(C)C)cc4)CC3)o2)cc1. The van der Waals surface area contributed by atoms with E-state index in [-0.39, 0.29) is 6.04 Å². The van der Waals surface area contributed by atoms with Crippen LogP contribution in [-0.2, 0) is 6.54 Å². The standard InChI is InChI=1S/C25H32N4O2/c1-18(2)21-7-5-20(6-8-21)17-28-13-15-29(16-14-28)19(3)24-26-27-25(31-24)22-9-11-23(30-4)12-10-22/h5-12,18-19H,13-17H2,1-4H3/t19-/m1/s1. The molecule has 31 heavy (non-hydrogen) atoms. The molecule has 0 amide bonds. The molecule has 1 atom stereocenters. The van der Waals surface area contributed by atoms with Gasteiger partial charge in [0.05, 0.1) is 13.2 Å². The van der Waals surface area contributed by atoms with Gasteiger partial charge in [-0.3, -0.25) is 9.80 Å². The lowest BCUT2D eigenvalue weighted by atomic mass is 10.0. The van der Waals surface area contributed by atoms with E-state index in [0.29, 0.717) is 17.7 Å². The third-order valence-electron chi connectivity index (χ3n) is 6.14. The number of ether oxygens (including phenoxy) is 1. The fraction of sp³-hybridized carbons (Fsp3) is 0.440. The Morgan fingerprint density at radius 1 is 0.903 bits per heavy atom. The second-order valence-electron chi connectivity index (χ2n) is 8.56. The summed E-state index contributed by atoms with van der Waals surface area (Å²) < 4.78 is 11.2. The van der Waals surface area contributed by atoms with Gasteiger partial charge < -0.3 is 9.15 Å². The average molecular weight is 421 g/mol. The van der Waals surface area contributed by atoms with E-state index < -0.39 is 0 Å². The maximum Gasteiger partial charge on any atom is 0.247 e. The van der Waals surface area contributed by atoms with E-state index in [2.05, 4.69) is 65.0 Å². The lowest BCUT2D eigenvalue weighted by molar-refractivity contribution is 0.0876. The van der Waals surface area contributed by atoms with Crippen molar-refractivity contribution in [3.05, 3.63) is 65.5 Å². The van der Waals surface area contributed by atoms with Gasteiger partial charge in [-0.25, -0.2) is 0 Å². The third kappa shape index (κ3) is 5.14. The molecule has 2 heterocycles. The molecule has 0 N–H and O–H groups in total. The summed E-state index contributed by atoms with van der Waals surface area (Å²) in [6, 6.07) is 16.8. The molecule has 0 saturated carbocycles. The normalized spacial score (nSPS) is 16.5. The fourth-order valence-electron chi connectivity index (χ4n) is 3.98. The minimum atomic E-state index is 0.104. The molecule has 164 valence electrons. The molecule has 1 fully saturated rings.